The van der Waals surface area contributed by atoms with Gasteiger partial charge in [0.15, 0.2) is 0 Å². The van der Waals surface area contributed by atoms with Crippen molar-refractivity contribution in [3.8, 4) is 0 Å². The number of carbonyl (C=O) groups is 1. The molecule has 0 unspecified atom stereocenters. The molecule has 0 saturated heterocycles. The molecule has 0 aliphatic heterocycles. The van der Waals surface area contributed by atoms with Crippen molar-refractivity contribution in [2.45, 2.75) is 13.3 Å². The predicted octanol–water partition coefficient (Wildman–Crippen LogP) is 2.47. The van der Waals surface area contributed by atoms with Gasteiger partial charge in [-0.1, -0.05) is 6.07 Å². The summed E-state index contributed by atoms with van der Waals surface area (Å²) in [5.74, 6) is -0.144. The molecule has 0 saturated carbocycles. The van der Waals surface area contributed by atoms with Crippen molar-refractivity contribution in [2.75, 3.05) is 11.2 Å². The summed E-state index contributed by atoms with van der Waals surface area (Å²) in [7, 11) is 0. The number of nitrogens with zero attached hydrogens (tertiary/aromatic N) is 1. The molecule has 0 aliphatic carbocycles. The smallest absolute Gasteiger partial charge is 0.292 e. The Balaban J connectivity index is 2.96. The number of carbonyl (C=O) groups excluding carboxylic acids is 1. The second kappa shape index (κ2) is 5.46. The highest BCUT2D eigenvalue weighted by Crippen LogP contribution is 2.25. The summed E-state index contributed by atoms with van der Waals surface area (Å²) < 4.78 is 0. The maximum Gasteiger partial charge on any atom is 0.292 e. The Morgan fingerprint density at radius 1 is 1.56 bits per heavy atom. The second-order valence-electron chi connectivity index (χ2n) is 3.26. The van der Waals surface area contributed by atoms with Crippen LogP contribution >= 0.6 is 11.6 Å². The second-order valence-corrected chi connectivity index (χ2v) is 3.64. The molecule has 0 aliphatic rings. The minimum Gasteiger partial charge on any atom is -0.320 e. The Morgan fingerprint density at radius 3 is 2.81 bits per heavy atom. The van der Waals surface area contributed by atoms with Gasteiger partial charge in [0.2, 0.25) is 5.91 Å². The lowest BCUT2D eigenvalue weighted by Gasteiger charge is -2.05. The number of hydrogen-bond acceptors (Lipinski definition) is 3. The van der Waals surface area contributed by atoms with Gasteiger partial charge in [-0.2, -0.15) is 0 Å². The summed E-state index contributed by atoms with van der Waals surface area (Å²) in [6, 6.07) is 4.55. The van der Waals surface area contributed by atoms with E-state index >= 15 is 0 Å². The number of nitro benzene ring substituents is 1. The van der Waals surface area contributed by atoms with Gasteiger partial charge in [0.1, 0.15) is 5.69 Å². The zero-order chi connectivity index (χ0) is 12.1. The van der Waals surface area contributed by atoms with Crippen molar-refractivity contribution < 1.29 is 9.72 Å². The van der Waals surface area contributed by atoms with Gasteiger partial charge in [-0.05, 0) is 18.6 Å². The van der Waals surface area contributed by atoms with E-state index in [0.29, 0.717) is 0 Å². The number of hydrogen-bond donors (Lipinski definition) is 1. The molecule has 0 heterocycles. The van der Waals surface area contributed by atoms with E-state index in [-0.39, 0.29) is 29.6 Å². The van der Waals surface area contributed by atoms with Crippen LogP contribution in [0, 0.1) is 17.0 Å². The number of amides is 1. The lowest BCUT2D eigenvalue weighted by Crippen LogP contribution is -2.13. The summed E-state index contributed by atoms with van der Waals surface area (Å²) in [5.41, 5.74) is 0.931. The Bertz CT molecular complexity index is 421. The minimum absolute atomic E-state index is 0.117. The van der Waals surface area contributed by atoms with Crippen LogP contribution in [0.4, 0.5) is 11.4 Å². The molecule has 86 valence electrons. The third-order valence-electron chi connectivity index (χ3n) is 1.94. The van der Waals surface area contributed by atoms with Gasteiger partial charge in [-0.25, -0.2) is 0 Å². The van der Waals surface area contributed by atoms with E-state index < -0.39 is 4.92 Å². The molecule has 5 nitrogen and oxygen atoms in total. The largest absolute Gasteiger partial charge is 0.320 e. The fourth-order valence-electron chi connectivity index (χ4n) is 1.21. The maximum absolute atomic E-state index is 11.3. The van der Waals surface area contributed by atoms with Gasteiger partial charge < -0.3 is 5.32 Å². The number of nitrogens with one attached hydrogen (secondary N) is 1. The fourth-order valence-corrected chi connectivity index (χ4v) is 1.38. The molecule has 1 rings (SSSR count). The first kappa shape index (κ1) is 12.4. The highest BCUT2D eigenvalue weighted by molar-refractivity contribution is 6.19. The maximum atomic E-state index is 11.3. The molecule has 1 amide bonds. The highest BCUT2D eigenvalue weighted by atomic mass is 35.5. The van der Waals surface area contributed by atoms with Crippen LogP contribution in [0.1, 0.15) is 12.0 Å². The Kier molecular flexibility index (Phi) is 4.25. The number of benzene rings is 1. The van der Waals surface area contributed by atoms with E-state index in [9.17, 15) is 14.9 Å². The van der Waals surface area contributed by atoms with Crippen LogP contribution in [-0.2, 0) is 4.79 Å². The SMILES string of the molecule is Cc1ccc([N+](=O)[O-])c(NC(=O)CCCl)c1. The molecule has 16 heavy (non-hydrogen) atoms. The van der Waals surface area contributed by atoms with Crippen LogP contribution in [-0.4, -0.2) is 16.7 Å². The van der Waals surface area contributed by atoms with E-state index in [0.717, 1.165) is 5.56 Å². The van der Waals surface area contributed by atoms with Crippen LogP contribution in [0.5, 0.6) is 0 Å². The average Bonchev–Trinajstić information content (AvgIpc) is 2.17. The number of alkyl halides is 1. The molecule has 0 aromatic heterocycles. The number of halogens is 1. The van der Waals surface area contributed by atoms with Gasteiger partial charge in [-0.15, -0.1) is 11.6 Å². The van der Waals surface area contributed by atoms with Crippen molar-refractivity contribution in [1.29, 1.82) is 0 Å². The highest BCUT2D eigenvalue weighted by Gasteiger charge is 2.15. The van der Waals surface area contributed by atoms with Gasteiger partial charge in [0, 0.05) is 18.4 Å². The van der Waals surface area contributed by atoms with E-state index in [1.807, 2.05) is 0 Å². The number of nitro groups is 1. The van der Waals surface area contributed by atoms with Crippen LogP contribution < -0.4 is 5.32 Å². The Labute approximate surface area is 97.6 Å². The standard InChI is InChI=1S/C10H11ClN2O3/c1-7-2-3-9(13(15)16)8(6-7)12-10(14)4-5-11/h2-3,6H,4-5H2,1H3,(H,12,14). The number of anilines is 1. The summed E-state index contributed by atoms with van der Waals surface area (Å²) >= 11 is 5.40. The van der Waals surface area contributed by atoms with Gasteiger partial charge >= 0.3 is 0 Å². The zero-order valence-corrected chi connectivity index (χ0v) is 9.45. The quantitative estimate of drug-likeness (QED) is 0.501. The average molecular weight is 243 g/mol. The first-order valence-corrected chi connectivity index (χ1v) is 5.19. The molecule has 0 spiro atoms. The van der Waals surface area contributed by atoms with Gasteiger partial charge in [-0.3, -0.25) is 14.9 Å². The summed E-state index contributed by atoms with van der Waals surface area (Å²) in [6.45, 7) is 1.79. The summed E-state index contributed by atoms with van der Waals surface area (Å²) in [5, 5.41) is 13.2. The van der Waals surface area contributed by atoms with Crippen molar-refractivity contribution in [3.05, 3.63) is 33.9 Å². The van der Waals surface area contributed by atoms with Crippen LogP contribution in [0.3, 0.4) is 0 Å². The van der Waals surface area contributed by atoms with E-state index in [4.69, 9.17) is 11.6 Å². The topological polar surface area (TPSA) is 72.2 Å². The zero-order valence-electron chi connectivity index (χ0n) is 8.70. The molecular formula is C10H11ClN2O3. The monoisotopic (exact) mass is 242 g/mol. The van der Waals surface area contributed by atoms with E-state index in [2.05, 4.69) is 5.32 Å². The lowest BCUT2D eigenvalue weighted by atomic mass is 10.2. The Hall–Kier alpha value is -1.62. The molecule has 1 aromatic rings. The first-order valence-electron chi connectivity index (χ1n) is 4.65. The molecule has 6 heteroatoms. The third kappa shape index (κ3) is 3.20. The third-order valence-corrected chi connectivity index (χ3v) is 2.13. The van der Waals surface area contributed by atoms with Gasteiger partial charge in [0.05, 0.1) is 4.92 Å². The first-order chi connectivity index (χ1) is 7.54. The predicted molar refractivity (Wildman–Crippen MR) is 61.8 cm³/mol. The van der Waals surface area contributed by atoms with E-state index in [1.54, 1.807) is 19.1 Å². The van der Waals surface area contributed by atoms with Crippen molar-refractivity contribution in [1.82, 2.24) is 0 Å². The van der Waals surface area contributed by atoms with Crippen LogP contribution in [0.15, 0.2) is 18.2 Å². The summed E-state index contributed by atoms with van der Waals surface area (Å²) in [6.07, 6.45) is 0.132. The molecule has 1 N–H and O–H groups in total. The molecule has 0 fully saturated rings. The van der Waals surface area contributed by atoms with Crippen molar-refractivity contribution in [3.63, 3.8) is 0 Å². The van der Waals surface area contributed by atoms with Gasteiger partial charge in [0.25, 0.3) is 5.69 Å². The van der Waals surface area contributed by atoms with Crippen molar-refractivity contribution >= 4 is 28.9 Å². The normalized spacial score (nSPS) is 9.88. The van der Waals surface area contributed by atoms with Crippen LogP contribution in [0.25, 0.3) is 0 Å². The molecule has 0 atom stereocenters. The molecule has 0 bridgehead atoms. The lowest BCUT2D eigenvalue weighted by molar-refractivity contribution is -0.383. The number of aryl methyl sites for hydroxylation is 1. The van der Waals surface area contributed by atoms with E-state index in [1.165, 1.54) is 6.07 Å². The van der Waals surface area contributed by atoms with Crippen LogP contribution in [0.2, 0.25) is 0 Å². The number of rotatable bonds is 4. The fraction of sp³-hybridized carbons (Fsp3) is 0.300. The minimum atomic E-state index is -0.532. The molecular weight excluding hydrogens is 232 g/mol. The Morgan fingerprint density at radius 2 is 2.25 bits per heavy atom. The van der Waals surface area contributed by atoms with Crippen molar-refractivity contribution in [2.24, 2.45) is 0 Å². The molecule has 0 radical (unpaired) electrons. The molecule has 1 aromatic carbocycles. The summed E-state index contributed by atoms with van der Waals surface area (Å²) in [4.78, 5) is 21.4.